The van der Waals surface area contributed by atoms with Gasteiger partial charge in [-0.05, 0) is 63.1 Å². The summed E-state index contributed by atoms with van der Waals surface area (Å²) in [6.45, 7) is 4.46. The number of benzene rings is 5. The molecule has 0 aliphatic heterocycles. The molecule has 6 rings (SSSR count). The summed E-state index contributed by atoms with van der Waals surface area (Å²) in [6, 6.07) is 41.3. The molecule has 0 saturated heterocycles. The summed E-state index contributed by atoms with van der Waals surface area (Å²) in [4.78, 5) is 0. The minimum Gasteiger partial charge on any atom is -0.456 e. The van der Waals surface area contributed by atoms with Crippen molar-refractivity contribution < 1.29 is 4.42 Å². The Morgan fingerprint density at radius 2 is 0.882 bits per heavy atom. The van der Waals surface area contributed by atoms with E-state index in [0.717, 1.165) is 21.9 Å². The first-order chi connectivity index (χ1) is 16.7. The quantitative estimate of drug-likeness (QED) is 0.267. The van der Waals surface area contributed by atoms with Crippen LogP contribution in [0, 0.1) is 0 Å². The van der Waals surface area contributed by atoms with Crippen LogP contribution in [-0.4, -0.2) is 0 Å². The van der Waals surface area contributed by atoms with Gasteiger partial charge in [-0.1, -0.05) is 111 Å². The zero-order chi connectivity index (χ0) is 23.1. The Labute approximate surface area is 200 Å². The van der Waals surface area contributed by atoms with Crippen molar-refractivity contribution in [3.05, 3.63) is 121 Å². The van der Waals surface area contributed by atoms with Gasteiger partial charge >= 0.3 is 0 Å². The van der Waals surface area contributed by atoms with Gasteiger partial charge in [0.05, 0.1) is 0 Å². The summed E-state index contributed by atoms with van der Waals surface area (Å²) in [5, 5.41) is 2.32. The van der Waals surface area contributed by atoms with Gasteiger partial charge in [0, 0.05) is 10.8 Å². The van der Waals surface area contributed by atoms with Crippen molar-refractivity contribution in [2.45, 2.75) is 19.8 Å². The van der Waals surface area contributed by atoms with Crippen LogP contribution < -0.4 is 0 Å². The van der Waals surface area contributed by atoms with E-state index in [1.807, 2.05) is 12.1 Å². The highest BCUT2D eigenvalue weighted by Crippen LogP contribution is 2.33. The Morgan fingerprint density at radius 1 is 0.441 bits per heavy atom. The van der Waals surface area contributed by atoms with Crippen molar-refractivity contribution in [2.24, 2.45) is 0 Å². The van der Waals surface area contributed by atoms with E-state index < -0.39 is 0 Å². The second-order valence-electron chi connectivity index (χ2n) is 9.24. The number of furan rings is 1. The predicted molar refractivity (Wildman–Crippen MR) is 144 cm³/mol. The summed E-state index contributed by atoms with van der Waals surface area (Å²) < 4.78 is 5.98. The third-order valence-corrected chi connectivity index (χ3v) is 6.72. The molecule has 0 aliphatic rings. The predicted octanol–water partition coefficient (Wildman–Crippen LogP) is 9.71. The molecule has 0 saturated carbocycles. The highest BCUT2D eigenvalue weighted by atomic mass is 16.3. The monoisotopic (exact) mass is 438 g/mol. The molecule has 0 bridgehead atoms. The highest BCUT2D eigenvalue weighted by molar-refractivity contribution is 6.06. The fourth-order valence-electron chi connectivity index (χ4n) is 4.68. The third kappa shape index (κ3) is 3.70. The lowest BCUT2D eigenvalue weighted by molar-refractivity contribution is 0.669. The highest BCUT2D eigenvalue weighted by Gasteiger charge is 2.08. The number of hydrogen-bond acceptors (Lipinski definition) is 1. The van der Waals surface area contributed by atoms with Crippen LogP contribution in [-0.2, 0) is 0 Å². The van der Waals surface area contributed by atoms with Crippen LogP contribution in [0.2, 0.25) is 0 Å². The van der Waals surface area contributed by atoms with Crippen LogP contribution >= 0.6 is 0 Å². The van der Waals surface area contributed by atoms with Gasteiger partial charge in [-0.3, -0.25) is 0 Å². The molecule has 6 aromatic rings. The molecule has 0 atom stereocenters. The third-order valence-electron chi connectivity index (χ3n) is 6.72. The number of para-hydroxylation sites is 1. The molecule has 1 nitrogen and oxygen atoms in total. The number of rotatable bonds is 4. The van der Waals surface area contributed by atoms with E-state index in [0.29, 0.717) is 5.92 Å². The van der Waals surface area contributed by atoms with Crippen molar-refractivity contribution in [3.8, 4) is 33.4 Å². The smallest absolute Gasteiger partial charge is 0.135 e. The standard InChI is InChI=1S/C33H26O/c1-22(2)23-7-9-24(10-8-23)25-11-13-26(14-12-25)27-15-17-28(18-16-27)29-19-20-33-31(21-29)30-5-3-4-6-32(30)34-33/h3-22H,1-2H3. The first-order valence-electron chi connectivity index (χ1n) is 11.9. The lowest BCUT2D eigenvalue weighted by Gasteiger charge is -2.09. The molecule has 0 unspecified atom stereocenters. The molecule has 0 amide bonds. The molecule has 0 aliphatic carbocycles. The number of fused-ring (bicyclic) bond motifs is 3. The zero-order valence-corrected chi connectivity index (χ0v) is 19.5. The minimum atomic E-state index is 0.556. The molecule has 34 heavy (non-hydrogen) atoms. The Kier molecular flexibility index (Phi) is 5.04. The maximum absolute atomic E-state index is 5.98. The van der Waals surface area contributed by atoms with E-state index in [1.165, 1.54) is 38.9 Å². The Morgan fingerprint density at radius 3 is 1.44 bits per heavy atom. The fraction of sp³-hybridized carbons (Fsp3) is 0.0909. The van der Waals surface area contributed by atoms with E-state index >= 15 is 0 Å². The van der Waals surface area contributed by atoms with E-state index in [1.54, 1.807) is 0 Å². The second kappa shape index (κ2) is 8.35. The van der Waals surface area contributed by atoms with Crippen LogP contribution in [0.1, 0.15) is 25.3 Å². The van der Waals surface area contributed by atoms with Crippen LogP contribution in [0.15, 0.2) is 120 Å². The van der Waals surface area contributed by atoms with Crippen molar-refractivity contribution in [1.29, 1.82) is 0 Å². The average molecular weight is 439 g/mol. The molecule has 1 aromatic heterocycles. The summed E-state index contributed by atoms with van der Waals surface area (Å²) in [5.41, 5.74) is 10.6. The van der Waals surface area contributed by atoms with Gasteiger partial charge in [0.25, 0.3) is 0 Å². The van der Waals surface area contributed by atoms with Crippen molar-refractivity contribution >= 4 is 21.9 Å². The van der Waals surface area contributed by atoms with Crippen LogP contribution in [0.4, 0.5) is 0 Å². The second-order valence-corrected chi connectivity index (χ2v) is 9.24. The topological polar surface area (TPSA) is 13.1 Å². The van der Waals surface area contributed by atoms with E-state index in [2.05, 4.69) is 117 Å². The Bertz CT molecular complexity index is 1580. The molecule has 164 valence electrons. The van der Waals surface area contributed by atoms with Crippen LogP contribution in [0.5, 0.6) is 0 Å². The average Bonchev–Trinajstić information content (AvgIpc) is 3.27. The van der Waals surface area contributed by atoms with Gasteiger partial charge < -0.3 is 4.42 Å². The van der Waals surface area contributed by atoms with E-state index in [-0.39, 0.29) is 0 Å². The zero-order valence-electron chi connectivity index (χ0n) is 19.5. The van der Waals surface area contributed by atoms with E-state index in [4.69, 9.17) is 4.42 Å². The van der Waals surface area contributed by atoms with Crippen LogP contribution in [0.3, 0.4) is 0 Å². The summed E-state index contributed by atoms with van der Waals surface area (Å²) in [5.74, 6) is 0.556. The first-order valence-corrected chi connectivity index (χ1v) is 11.9. The molecule has 1 heterocycles. The molecule has 0 radical (unpaired) electrons. The maximum Gasteiger partial charge on any atom is 0.135 e. The van der Waals surface area contributed by atoms with E-state index in [9.17, 15) is 0 Å². The van der Waals surface area contributed by atoms with Crippen LogP contribution in [0.25, 0.3) is 55.3 Å². The molecule has 0 spiro atoms. The van der Waals surface area contributed by atoms with Gasteiger partial charge in [0.2, 0.25) is 0 Å². The Balaban J connectivity index is 1.26. The lowest BCUT2D eigenvalue weighted by atomic mass is 9.96. The minimum absolute atomic E-state index is 0.556. The number of hydrogen-bond donors (Lipinski definition) is 0. The summed E-state index contributed by atoms with van der Waals surface area (Å²) >= 11 is 0. The Hall–Kier alpha value is -4.10. The van der Waals surface area contributed by atoms with Gasteiger partial charge in [0.1, 0.15) is 11.2 Å². The van der Waals surface area contributed by atoms with Crippen molar-refractivity contribution in [3.63, 3.8) is 0 Å². The van der Waals surface area contributed by atoms with Crippen molar-refractivity contribution in [1.82, 2.24) is 0 Å². The first kappa shape index (κ1) is 20.5. The molecular weight excluding hydrogens is 412 g/mol. The van der Waals surface area contributed by atoms with Gasteiger partial charge in [-0.2, -0.15) is 0 Å². The summed E-state index contributed by atoms with van der Waals surface area (Å²) in [6.07, 6.45) is 0. The largest absolute Gasteiger partial charge is 0.456 e. The molecule has 1 heteroatoms. The molecular formula is C33H26O. The lowest BCUT2D eigenvalue weighted by Crippen LogP contribution is -1.87. The molecule has 0 fully saturated rings. The van der Waals surface area contributed by atoms with Crippen molar-refractivity contribution in [2.75, 3.05) is 0 Å². The van der Waals surface area contributed by atoms with Gasteiger partial charge in [0.15, 0.2) is 0 Å². The fourth-order valence-corrected chi connectivity index (χ4v) is 4.68. The van der Waals surface area contributed by atoms with Gasteiger partial charge in [-0.15, -0.1) is 0 Å². The normalized spacial score (nSPS) is 11.5. The maximum atomic E-state index is 5.98. The molecule has 5 aromatic carbocycles. The summed E-state index contributed by atoms with van der Waals surface area (Å²) in [7, 11) is 0. The van der Waals surface area contributed by atoms with Gasteiger partial charge in [-0.25, -0.2) is 0 Å². The SMILES string of the molecule is CC(C)c1ccc(-c2ccc(-c3ccc(-c4ccc5oc6ccccc6c5c4)cc3)cc2)cc1. The molecule has 0 N–H and O–H groups in total.